The molecule has 1 aromatic rings. The van der Waals surface area contributed by atoms with Crippen LogP contribution < -0.4 is 5.32 Å². The minimum atomic E-state index is -0.149. The minimum absolute atomic E-state index is 0.149. The number of carbonyl (C=O) groups excluding carboxylic acids is 1. The Morgan fingerprint density at radius 2 is 2.53 bits per heavy atom. The topological polar surface area (TPSA) is 78.0 Å². The molecule has 1 atom stereocenters. The number of nitrogens with one attached hydrogen (secondary N) is 2. The fourth-order valence-electron chi connectivity index (χ4n) is 1.35. The summed E-state index contributed by atoms with van der Waals surface area (Å²) in [5.41, 5.74) is 0.467. The van der Waals surface area contributed by atoms with Gasteiger partial charge in [0.1, 0.15) is 5.69 Å². The van der Waals surface area contributed by atoms with Crippen LogP contribution in [-0.4, -0.2) is 34.1 Å². The van der Waals surface area contributed by atoms with Crippen molar-refractivity contribution >= 4 is 5.91 Å². The lowest BCUT2D eigenvalue weighted by atomic mass is 10.0. The lowest BCUT2D eigenvalue weighted by Crippen LogP contribution is -2.29. The molecule has 0 aromatic carbocycles. The monoisotopic (exact) mass is 211 g/mol. The van der Waals surface area contributed by atoms with Crippen LogP contribution in [0.1, 0.15) is 30.3 Å². The molecule has 1 rings (SSSR count). The number of carbonyl (C=O) groups is 1. The Kier molecular flexibility index (Phi) is 4.83. The molecule has 0 aliphatic heterocycles. The van der Waals surface area contributed by atoms with Crippen LogP contribution in [0.15, 0.2) is 12.5 Å². The number of imidazole rings is 1. The van der Waals surface area contributed by atoms with Crippen molar-refractivity contribution < 1.29 is 9.90 Å². The highest BCUT2D eigenvalue weighted by Gasteiger charge is 2.10. The summed E-state index contributed by atoms with van der Waals surface area (Å²) in [5.74, 6) is 0.186. The molecule has 0 bridgehead atoms. The molecule has 0 fully saturated rings. The predicted octanol–water partition coefficient (Wildman–Crippen LogP) is 0.548. The van der Waals surface area contributed by atoms with E-state index in [0.29, 0.717) is 18.2 Å². The van der Waals surface area contributed by atoms with Gasteiger partial charge in [-0.15, -0.1) is 0 Å². The third kappa shape index (κ3) is 3.71. The van der Waals surface area contributed by atoms with Crippen LogP contribution in [0.25, 0.3) is 0 Å². The molecule has 0 saturated carbocycles. The number of nitrogens with zero attached hydrogens (tertiary/aromatic N) is 1. The number of aliphatic hydroxyl groups is 1. The normalized spacial score (nSPS) is 12.4. The number of hydrogen-bond donors (Lipinski definition) is 3. The molecule has 84 valence electrons. The highest BCUT2D eigenvalue weighted by atomic mass is 16.3. The van der Waals surface area contributed by atoms with Crippen molar-refractivity contribution in [3.63, 3.8) is 0 Å². The smallest absolute Gasteiger partial charge is 0.269 e. The third-order valence-electron chi connectivity index (χ3n) is 2.41. The van der Waals surface area contributed by atoms with E-state index in [1.54, 1.807) is 0 Å². The van der Waals surface area contributed by atoms with Gasteiger partial charge in [0.2, 0.25) is 0 Å². The van der Waals surface area contributed by atoms with Gasteiger partial charge < -0.3 is 15.4 Å². The van der Waals surface area contributed by atoms with Gasteiger partial charge in [0.15, 0.2) is 0 Å². The van der Waals surface area contributed by atoms with Gasteiger partial charge in [-0.05, 0) is 12.3 Å². The molecule has 1 amide bonds. The van der Waals surface area contributed by atoms with Gasteiger partial charge in [-0.2, -0.15) is 0 Å². The first-order valence-electron chi connectivity index (χ1n) is 5.15. The fraction of sp³-hybridized carbons (Fsp3) is 0.600. The molecular weight excluding hydrogens is 194 g/mol. The van der Waals surface area contributed by atoms with E-state index in [2.05, 4.69) is 15.3 Å². The van der Waals surface area contributed by atoms with Crippen molar-refractivity contribution in [2.75, 3.05) is 13.2 Å². The lowest BCUT2D eigenvalue weighted by Gasteiger charge is -2.13. The number of amides is 1. The fourth-order valence-corrected chi connectivity index (χ4v) is 1.35. The second-order valence-corrected chi connectivity index (χ2v) is 3.46. The van der Waals surface area contributed by atoms with Crippen molar-refractivity contribution in [3.8, 4) is 0 Å². The van der Waals surface area contributed by atoms with Crippen molar-refractivity contribution in [2.45, 2.75) is 19.8 Å². The predicted molar refractivity (Wildman–Crippen MR) is 56.4 cm³/mol. The molecule has 1 heterocycles. The van der Waals surface area contributed by atoms with E-state index in [4.69, 9.17) is 5.11 Å². The first kappa shape index (κ1) is 11.7. The molecule has 1 aromatic heterocycles. The second kappa shape index (κ2) is 6.19. The van der Waals surface area contributed by atoms with Crippen LogP contribution in [0.4, 0.5) is 0 Å². The van der Waals surface area contributed by atoms with E-state index in [0.717, 1.165) is 12.8 Å². The molecule has 0 spiro atoms. The highest BCUT2D eigenvalue weighted by Crippen LogP contribution is 2.05. The molecule has 3 N–H and O–H groups in total. The summed E-state index contributed by atoms with van der Waals surface area (Å²) in [6.45, 7) is 2.80. The average molecular weight is 211 g/mol. The van der Waals surface area contributed by atoms with Crippen LogP contribution >= 0.6 is 0 Å². The molecule has 1 unspecified atom stereocenters. The van der Waals surface area contributed by atoms with Crippen LogP contribution in [0.3, 0.4) is 0 Å². The molecule has 0 saturated heterocycles. The number of rotatable bonds is 6. The summed E-state index contributed by atoms with van der Waals surface area (Å²) in [7, 11) is 0. The molecule has 0 aliphatic carbocycles. The van der Waals surface area contributed by atoms with Crippen LogP contribution in [0.2, 0.25) is 0 Å². The van der Waals surface area contributed by atoms with E-state index in [1.807, 2.05) is 6.92 Å². The number of aromatic nitrogens is 2. The van der Waals surface area contributed by atoms with E-state index in [1.165, 1.54) is 12.5 Å². The van der Waals surface area contributed by atoms with Crippen molar-refractivity contribution in [1.82, 2.24) is 15.3 Å². The quantitative estimate of drug-likeness (QED) is 0.643. The highest BCUT2D eigenvalue weighted by molar-refractivity contribution is 5.91. The van der Waals surface area contributed by atoms with Gasteiger partial charge in [-0.25, -0.2) is 4.98 Å². The molecular formula is C10H17N3O2. The Morgan fingerprint density at radius 1 is 1.73 bits per heavy atom. The van der Waals surface area contributed by atoms with E-state index in [-0.39, 0.29) is 12.5 Å². The van der Waals surface area contributed by atoms with Crippen molar-refractivity contribution in [3.05, 3.63) is 18.2 Å². The zero-order valence-corrected chi connectivity index (χ0v) is 8.86. The zero-order chi connectivity index (χ0) is 11.1. The number of hydrogen-bond acceptors (Lipinski definition) is 3. The van der Waals surface area contributed by atoms with E-state index >= 15 is 0 Å². The maximum Gasteiger partial charge on any atom is 0.269 e. The standard InChI is InChI=1S/C10H17N3O2/c1-2-8(3-4-14)5-12-10(15)9-6-11-7-13-9/h6-8,14H,2-5H2,1H3,(H,11,13)(H,12,15). The number of H-pyrrole nitrogens is 1. The molecule has 5 heteroatoms. The Labute approximate surface area is 88.9 Å². The van der Waals surface area contributed by atoms with Gasteiger partial charge in [-0.3, -0.25) is 4.79 Å². The van der Waals surface area contributed by atoms with Gasteiger partial charge in [0, 0.05) is 13.2 Å². The summed E-state index contributed by atoms with van der Waals surface area (Å²) in [4.78, 5) is 18.0. The Morgan fingerprint density at radius 3 is 3.07 bits per heavy atom. The van der Waals surface area contributed by atoms with Gasteiger partial charge in [0.25, 0.3) is 5.91 Å². The van der Waals surface area contributed by atoms with Gasteiger partial charge in [-0.1, -0.05) is 13.3 Å². The van der Waals surface area contributed by atoms with Crippen LogP contribution in [-0.2, 0) is 0 Å². The SMILES string of the molecule is CCC(CCO)CNC(=O)c1cnc[nH]1. The summed E-state index contributed by atoms with van der Waals surface area (Å²) >= 11 is 0. The summed E-state index contributed by atoms with van der Waals surface area (Å²) in [6.07, 6.45) is 4.63. The maximum absolute atomic E-state index is 11.5. The van der Waals surface area contributed by atoms with Crippen molar-refractivity contribution in [2.24, 2.45) is 5.92 Å². The Bertz CT molecular complexity index is 285. The Hall–Kier alpha value is -1.36. The second-order valence-electron chi connectivity index (χ2n) is 3.46. The molecule has 0 aliphatic rings. The third-order valence-corrected chi connectivity index (χ3v) is 2.41. The van der Waals surface area contributed by atoms with Gasteiger partial charge in [0.05, 0.1) is 12.5 Å². The Balaban J connectivity index is 2.33. The van der Waals surface area contributed by atoms with E-state index in [9.17, 15) is 4.79 Å². The minimum Gasteiger partial charge on any atom is -0.396 e. The first-order valence-corrected chi connectivity index (χ1v) is 5.15. The maximum atomic E-state index is 11.5. The van der Waals surface area contributed by atoms with Crippen LogP contribution in [0, 0.1) is 5.92 Å². The summed E-state index contributed by atoms with van der Waals surface area (Å²) < 4.78 is 0. The van der Waals surface area contributed by atoms with Crippen LogP contribution in [0.5, 0.6) is 0 Å². The molecule has 0 radical (unpaired) electrons. The first-order chi connectivity index (χ1) is 7.27. The molecule has 15 heavy (non-hydrogen) atoms. The summed E-state index contributed by atoms with van der Waals surface area (Å²) in [6, 6.07) is 0. The number of aliphatic hydroxyl groups excluding tert-OH is 1. The van der Waals surface area contributed by atoms with Gasteiger partial charge >= 0.3 is 0 Å². The lowest BCUT2D eigenvalue weighted by molar-refractivity contribution is 0.0939. The largest absolute Gasteiger partial charge is 0.396 e. The molecule has 5 nitrogen and oxygen atoms in total. The zero-order valence-electron chi connectivity index (χ0n) is 8.86. The summed E-state index contributed by atoms with van der Waals surface area (Å²) in [5, 5.41) is 11.6. The average Bonchev–Trinajstić information content (AvgIpc) is 2.77. The van der Waals surface area contributed by atoms with E-state index < -0.39 is 0 Å². The van der Waals surface area contributed by atoms with Crippen molar-refractivity contribution in [1.29, 1.82) is 0 Å². The number of aromatic amines is 1.